The number of carbonyl (C=O) groups excluding carboxylic acids is 2. The van der Waals surface area contributed by atoms with E-state index >= 15 is 0 Å². The number of nitrogens with zero attached hydrogens (tertiary/aromatic N) is 3. The summed E-state index contributed by atoms with van der Waals surface area (Å²) >= 11 is 2.91. The molecule has 1 saturated heterocycles. The molecular formula is C27H24N4O5S2. The van der Waals surface area contributed by atoms with Gasteiger partial charge in [0.05, 0.1) is 27.5 Å². The number of nitro benzene ring substituents is 1. The van der Waals surface area contributed by atoms with E-state index in [0.717, 1.165) is 27.6 Å². The van der Waals surface area contributed by atoms with E-state index in [1.165, 1.54) is 40.5 Å². The van der Waals surface area contributed by atoms with Crippen molar-refractivity contribution < 1.29 is 14.5 Å². The summed E-state index contributed by atoms with van der Waals surface area (Å²) in [4.78, 5) is 57.8. The van der Waals surface area contributed by atoms with Gasteiger partial charge in [0.15, 0.2) is 0 Å². The molecule has 2 bridgehead atoms. The molecule has 3 heterocycles. The van der Waals surface area contributed by atoms with Gasteiger partial charge in [-0.25, -0.2) is 0 Å². The molecule has 3 aromatic rings. The number of non-ortho nitro benzene ring substituents is 1. The fourth-order valence-electron chi connectivity index (χ4n) is 7.35. The van der Waals surface area contributed by atoms with Gasteiger partial charge < -0.3 is 9.88 Å². The predicted molar refractivity (Wildman–Crippen MR) is 145 cm³/mol. The maximum absolute atomic E-state index is 13.8. The number of thiazole rings is 1. The highest BCUT2D eigenvalue weighted by Gasteiger charge is 2.69. The zero-order valence-electron chi connectivity index (χ0n) is 20.6. The van der Waals surface area contributed by atoms with Crippen molar-refractivity contribution in [3.8, 4) is 0 Å². The van der Waals surface area contributed by atoms with Crippen molar-refractivity contribution in [2.75, 3.05) is 23.9 Å². The Hall–Kier alpha value is -3.44. The van der Waals surface area contributed by atoms with Crippen LogP contribution >= 0.6 is 23.1 Å². The maximum atomic E-state index is 13.8. The van der Waals surface area contributed by atoms with Crippen LogP contribution in [-0.2, 0) is 9.59 Å². The van der Waals surface area contributed by atoms with Crippen LogP contribution in [0.3, 0.4) is 0 Å². The molecule has 0 spiro atoms. The Morgan fingerprint density at radius 3 is 2.26 bits per heavy atom. The molecule has 2 aliphatic heterocycles. The van der Waals surface area contributed by atoms with Crippen molar-refractivity contribution in [3.05, 3.63) is 78.8 Å². The van der Waals surface area contributed by atoms with Crippen molar-refractivity contribution in [2.24, 2.45) is 29.6 Å². The van der Waals surface area contributed by atoms with Gasteiger partial charge in [-0.05, 0) is 54.0 Å². The predicted octanol–water partition coefficient (Wildman–Crippen LogP) is 4.09. The van der Waals surface area contributed by atoms with Gasteiger partial charge in [0.1, 0.15) is 0 Å². The maximum Gasteiger partial charge on any atom is 0.305 e. The SMILES string of the molecule is CN(C)c1ccc([C@H]2c3sc(=O)[nH]c3S[C@@H]3[C@H]4C[C@@H]([C@@H]5C(=O)N(c6ccc([N+](=O)[O-])cc6)C(=O)[C@@H]45)[C@@H]23)cc1. The number of thioether (sulfide) groups is 1. The first-order valence-corrected chi connectivity index (χ1v) is 14.2. The van der Waals surface area contributed by atoms with E-state index in [9.17, 15) is 24.5 Å². The molecule has 2 saturated carbocycles. The number of rotatable bonds is 4. The normalized spacial score (nSPS) is 30.8. The van der Waals surface area contributed by atoms with Gasteiger partial charge in [0, 0.05) is 48.0 Å². The molecule has 3 fully saturated rings. The van der Waals surface area contributed by atoms with Gasteiger partial charge in [0.2, 0.25) is 11.8 Å². The highest BCUT2D eigenvalue weighted by molar-refractivity contribution is 8.00. The second-order valence-electron chi connectivity index (χ2n) is 10.7. The largest absolute Gasteiger partial charge is 0.378 e. The van der Waals surface area contributed by atoms with Crippen molar-refractivity contribution in [3.63, 3.8) is 0 Å². The minimum absolute atomic E-state index is 0.0193. The molecule has 194 valence electrons. The lowest BCUT2D eigenvalue weighted by molar-refractivity contribution is -0.384. The number of hydrogen-bond donors (Lipinski definition) is 1. The molecule has 2 amide bonds. The van der Waals surface area contributed by atoms with E-state index in [1.54, 1.807) is 11.8 Å². The van der Waals surface area contributed by atoms with Crippen LogP contribution in [0.1, 0.15) is 22.8 Å². The summed E-state index contributed by atoms with van der Waals surface area (Å²) in [6, 6.07) is 14.0. The smallest absolute Gasteiger partial charge is 0.305 e. The number of anilines is 2. The summed E-state index contributed by atoms with van der Waals surface area (Å²) in [5.41, 5.74) is 2.50. The topological polar surface area (TPSA) is 117 Å². The summed E-state index contributed by atoms with van der Waals surface area (Å²) in [7, 11) is 3.99. The summed E-state index contributed by atoms with van der Waals surface area (Å²) in [6.45, 7) is 0. The Labute approximate surface area is 226 Å². The summed E-state index contributed by atoms with van der Waals surface area (Å²) in [6.07, 6.45) is 0.814. The molecule has 2 aromatic carbocycles. The van der Waals surface area contributed by atoms with Gasteiger partial charge in [-0.1, -0.05) is 23.5 Å². The lowest BCUT2D eigenvalue weighted by Crippen LogP contribution is -2.42. The van der Waals surface area contributed by atoms with E-state index in [0.29, 0.717) is 5.69 Å². The number of imide groups is 1. The lowest BCUT2D eigenvalue weighted by atomic mass is 9.68. The number of carbonyl (C=O) groups is 2. The summed E-state index contributed by atoms with van der Waals surface area (Å²) in [5.74, 6) is -1.08. The van der Waals surface area contributed by atoms with Crippen molar-refractivity contribution in [1.82, 2.24) is 4.98 Å². The number of H-pyrrole nitrogens is 1. The van der Waals surface area contributed by atoms with Crippen molar-refractivity contribution >= 4 is 52.0 Å². The van der Waals surface area contributed by atoms with E-state index in [2.05, 4.69) is 29.2 Å². The molecule has 7 rings (SSSR count). The number of aromatic nitrogens is 1. The van der Waals surface area contributed by atoms with E-state index < -0.39 is 16.8 Å². The van der Waals surface area contributed by atoms with E-state index in [1.807, 2.05) is 19.0 Å². The van der Waals surface area contributed by atoms with Gasteiger partial charge in [-0.2, -0.15) is 0 Å². The number of fused-ring (bicyclic) bond motifs is 9. The first-order valence-electron chi connectivity index (χ1n) is 12.5. The minimum atomic E-state index is -0.498. The number of amides is 2. The molecule has 4 aliphatic rings. The van der Waals surface area contributed by atoms with Crippen LogP contribution in [0, 0.1) is 39.7 Å². The Morgan fingerprint density at radius 2 is 1.63 bits per heavy atom. The highest BCUT2D eigenvalue weighted by atomic mass is 32.2. The van der Waals surface area contributed by atoms with E-state index in [-0.39, 0.29) is 51.3 Å². The standard InChI is InChI=1S/C27H24N4O5S2/c1-29(2)13-5-3-12(4-6-13)18-19-16-11-17(22(19)37-24-23(18)38-27(34)28-24)21-20(16)25(32)30(26(21)33)14-7-9-15(10-8-14)31(35)36/h3-10,16-22H,11H2,1-2H3,(H,28,34)/t16-,17+,18-,19+,20+,21+,22-/m1/s1. The van der Waals surface area contributed by atoms with Crippen LogP contribution in [0.2, 0.25) is 0 Å². The highest BCUT2D eigenvalue weighted by Crippen LogP contribution is 2.68. The van der Waals surface area contributed by atoms with Crippen LogP contribution in [0.15, 0.2) is 58.4 Å². The fraction of sp³-hybridized carbons (Fsp3) is 0.370. The van der Waals surface area contributed by atoms with Crippen LogP contribution in [0.4, 0.5) is 17.1 Å². The first kappa shape index (κ1) is 23.7. The van der Waals surface area contributed by atoms with Crippen LogP contribution in [0.5, 0.6) is 0 Å². The Morgan fingerprint density at radius 1 is 0.974 bits per heavy atom. The molecule has 1 N–H and O–H groups in total. The molecule has 11 heteroatoms. The molecule has 2 aliphatic carbocycles. The zero-order valence-corrected chi connectivity index (χ0v) is 22.2. The van der Waals surface area contributed by atoms with Gasteiger partial charge in [0.25, 0.3) is 5.69 Å². The number of hydrogen-bond acceptors (Lipinski definition) is 8. The molecular weight excluding hydrogens is 524 g/mol. The van der Waals surface area contributed by atoms with Crippen LogP contribution < -0.4 is 14.7 Å². The number of nitro groups is 1. The van der Waals surface area contributed by atoms with Gasteiger partial charge in [-0.3, -0.25) is 29.4 Å². The molecule has 38 heavy (non-hydrogen) atoms. The average Bonchev–Trinajstić information content (AvgIpc) is 3.63. The van der Waals surface area contributed by atoms with E-state index in [4.69, 9.17) is 0 Å². The minimum Gasteiger partial charge on any atom is -0.378 e. The third-order valence-electron chi connectivity index (χ3n) is 8.81. The number of nitrogens with one attached hydrogen (secondary N) is 1. The Balaban J connectivity index is 1.28. The monoisotopic (exact) mass is 548 g/mol. The second kappa shape index (κ2) is 8.28. The van der Waals surface area contributed by atoms with Gasteiger partial charge >= 0.3 is 4.87 Å². The second-order valence-corrected chi connectivity index (χ2v) is 12.9. The summed E-state index contributed by atoms with van der Waals surface area (Å²) in [5, 5.41) is 12.1. The Kier molecular flexibility index (Phi) is 5.15. The first-order chi connectivity index (χ1) is 18.2. The molecule has 9 nitrogen and oxygen atoms in total. The third-order valence-corrected chi connectivity index (χ3v) is 11.4. The van der Waals surface area contributed by atoms with Crippen molar-refractivity contribution in [1.29, 1.82) is 0 Å². The molecule has 7 atom stereocenters. The quantitative estimate of drug-likeness (QED) is 0.297. The zero-order chi connectivity index (χ0) is 26.5. The summed E-state index contributed by atoms with van der Waals surface area (Å²) < 4.78 is 0. The number of benzene rings is 2. The average molecular weight is 549 g/mol. The molecule has 0 unspecified atom stereocenters. The van der Waals surface area contributed by atoms with Gasteiger partial charge in [-0.15, -0.1) is 11.8 Å². The Bertz CT molecular complexity index is 1550. The fourth-order valence-corrected chi connectivity index (χ4v) is 10.2. The van der Waals surface area contributed by atoms with Crippen molar-refractivity contribution in [2.45, 2.75) is 22.6 Å². The number of aromatic amines is 1. The van der Waals surface area contributed by atoms with Crippen LogP contribution in [0.25, 0.3) is 0 Å². The molecule has 1 aromatic heterocycles. The third kappa shape index (κ3) is 3.21. The molecule has 0 radical (unpaired) electrons. The lowest BCUT2D eigenvalue weighted by Gasteiger charge is -2.43. The van der Waals surface area contributed by atoms with Crippen LogP contribution in [-0.4, -0.2) is 41.1 Å².